The van der Waals surface area contributed by atoms with Crippen molar-refractivity contribution in [2.75, 3.05) is 18.1 Å². The topological polar surface area (TPSA) is 29.1 Å². The van der Waals surface area contributed by atoms with Gasteiger partial charge >= 0.3 is 12.4 Å². The van der Waals surface area contributed by atoms with Crippen LogP contribution in [-0.4, -0.2) is 22.3 Å². The zero-order valence-corrected chi connectivity index (χ0v) is 11.3. The highest BCUT2D eigenvalue weighted by molar-refractivity contribution is 7.85. The second kappa shape index (κ2) is 5.60. The molecule has 0 saturated carbocycles. The molecule has 1 N–H and O–H groups in total. The van der Waals surface area contributed by atoms with E-state index in [0.29, 0.717) is 17.9 Å². The minimum atomic E-state index is -4.87. The highest BCUT2D eigenvalue weighted by atomic mass is 32.2. The number of alkyl halides is 6. The molecule has 1 fully saturated rings. The highest BCUT2D eigenvalue weighted by Gasteiger charge is 2.37. The lowest BCUT2D eigenvalue weighted by atomic mass is 10.00. The summed E-state index contributed by atoms with van der Waals surface area (Å²) in [5.74, 6) is 0.334. The fourth-order valence-corrected chi connectivity index (χ4v) is 3.26. The molecule has 2 atom stereocenters. The van der Waals surface area contributed by atoms with Gasteiger partial charge in [-0.1, -0.05) is 0 Å². The predicted octanol–water partition coefficient (Wildman–Crippen LogP) is 3.12. The van der Waals surface area contributed by atoms with Crippen LogP contribution in [0.2, 0.25) is 0 Å². The van der Waals surface area contributed by atoms with Crippen molar-refractivity contribution in [3.63, 3.8) is 0 Å². The zero-order valence-electron chi connectivity index (χ0n) is 10.5. The van der Waals surface area contributed by atoms with E-state index in [4.69, 9.17) is 0 Å². The molecule has 2 unspecified atom stereocenters. The molecule has 21 heavy (non-hydrogen) atoms. The van der Waals surface area contributed by atoms with Gasteiger partial charge in [0, 0.05) is 34.9 Å². The fraction of sp³-hybridized carbons (Fsp3) is 0.500. The Hall–Kier alpha value is -1.09. The number of nitrogens with one attached hydrogen (secondary N) is 1. The average molecular weight is 331 g/mol. The molecule has 0 aliphatic carbocycles. The molecule has 1 aliphatic heterocycles. The van der Waals surface area contributed by atoms with E-state index in [0.717, 1.165) is 0 Å². The number of hydrogen-bond acceptors (Lipinski definition) is 2. The van der Waals surface area contributed by atoms with Crippen LogP contribution in [0.4, 0.5) is 26.3 Å². The molecule has 2 nitrogen and oxygen atoms in total. The Bertz CT molecular complexity index is 521. The lowest BCUT2D eigenvalue weighted by Gasteiger charge is -2.25. The third kappa shape index (κ3) is 3.97. The summed E-state index contributed by atoms with van der Waals surface area (Å²) in [4.78, 5) is 0. The van der Waals surface area contributed by atoms with Crippen molar-refractivity contribution in [3.8, 4) is 0 Å². The Morgan fingerprint density at radius 2 is 1.52 bits per heavy atom. The Morgan fingerprint density at radius 3 is 1.95 bits per heavy atom. The number of benzene rings is 1. The zero-order chi connectivity index (χ0) is 15.8. The van der Waals surface area contributed by atoms with Crippen LogP contribution < -0.4 is 5.32 Å². The maximum atomic E-state index is 12.7. The molecule has 0 spiro atoms. The van der Waals surface area contributed by atoms with Crippen molar-refractivity contribution >= 4 is 10.8 Å². The summed E-state index contributed by atoms with van der Waals surface area (Å²) in [6.07, 6.45) is -9.74. The van der Waals surface area contributed by atoms with Gasteiger partial charge in [-0.15, -0.1) is 0 Å². The number of hydrogen-bond donors (Lipinski definition) is 1. The minimum Gasteiger partial charge on any atom is -0.308 e. The maximum absolute atomic E-state index is 12.7. The first-order chi connectivity index (χ1) is 9.57. The molecule has 1 aliphatic rings. The third-order valence-corrected chi connectivity index (χ3v) is 4.45. The van der Waals surface area contributed by atoms with Gasteiger partial charge < -0.3 is 5.32 Å². The van der Waals surface area contributed by atoms with Gasteiger partial charge in [0.15, 0.2) is 0 Å². The summed E-state index contributed by atoms with van der Waals surface area (Å²) in [6, 6.07) is 0.664. The van der Waals surface area contributed by atoms with E-state index in [1.807, 2.05) is 0 Å². The summed E-state index contributed by atoms with van der Waals surface area (Å²) in [6.45, 7) is 0.287. The molecule has 0 aromatic heterocycles. The van der Waals surface area contributed by atoms with Gasteiger partial charge in [-0.3, -0.25) is 4.21 Å². The molecule has 2 rings (SSSR count). The summed E-state index contributed by atoms with van der Waals surface area (Å²) in [5.41, 5.74) is -2.86. The first-order valence-corrected chi connectivity index (χ1v) is 7.44. The Morgan fingerprint density at radius 1 is 1.00 bits per heavy atom. The molecule has 0 radical (unpaired) electrons. The van der Waals surface area contributed by atoms with Crippen molar-refractivity contribution in [2.24, 2.45) is 0 Å². The average Bonchev–Trinajstić information content (AvgIpc) is 2.36. The van der Waals surface area contributed by atoms with E-state index in [1.165, 1.54) is 0 Å². The molecule has 1 aromatic rings. The highest BCUT2D eigenvalue weighted by Crippen LogP contribution is 2.37. The second-order valence-electron chi connectivity index (χ2n) is 4.66. The predicted molar refractivity (Wildman–Crippen MR) is 65.1 cm³/mol. The smallest absolute Gasteiger partial charge is 0.308 e. The summed E-state index contributed by atoms with van der Waals surface area (Å²) < 4.78 is 87.8. The number of halogens is 6. The van der Waals surface area contributed by atoms with Crippen molar-refractivity contribution in [2.45, 2.75) is 18.4 Å². The molecule has 0 amide bonds. The van der Waals surface area contributed by atoms with E-state index in [1.54, 1.807) is 0 Å². The van der Waals surface area contributed by atoms with Crippen molar-refractivity contribution in [3.05, 3.63) is 34.9 Å². The van der Waals surface area contributed by atoms with E-state index in [9.17, 15) is 30.6 Å². The molecule has 0 bridgehead atoms. The molecule has 9 heteroatoms. The van der Waals surface area contributed by atoms with Crippen LogP contribution in [0.1, 0.15) is 22.7 Å². The van der Waals surface area contributed by atoms with Crippen molar-refractivity contribution in [1.82, 2.24) is 5.32 Å². The summed E-state index contributed by atoms with van der Waals surface area (Å²) >= 11 is 0. The van der Waals surface area contributed by atoms with Gasteiger partial charge in [0.1, 0.15) is 0 Å². The van der Waals surface area contributed by atoms with Crippen molar-refractivity contribution < 1.29 is 30.6 Å². The largest absolute Gasteiger partial charge is 0.416 e. The molecule has 1 saturated heterocycles. The number of rotatable bonds is 1. The van der Waals surface area contributed by atoms with Crippen LogP contribution in [-0.2, 0) is 23.2 Å². The van der Waals surface area contributed by atoms with Crippen LogP contribution in [0.5, 0.6) is 0 Å². The Kier molecular flexibility index (Phi) is 4.34. The normalized spacial score (nSPS) is 24.1. The molecular formula is C12H11F6NOS. The Labute approximate surface area is 119 Å². The minimum absolute atomic E-state index is 0.00138. The van der Waals surface area contributed by atoms with Gasteiger partial charge in [0.05, 0.1) is 11.1 Å². The van der Waals surface area contributed by atoms with Gasteiger partial charge in [0.25, 0.3) is 0 Å². The van der Waals surface area contributed by atoms with E-state index < -0.39 is 40.3 Å². The first-order valence-electron chi connectivity index (χ1n) is 5.95. The monoisotopic (exact) mass is 331 g/mol. The van der Waals surface area contributed by atoms with E-state index in [2.05, 4.69) is 5.32 Å². The van der Waals surface area contributed by atoms with Gasteiger partial charge in [-0.05, 0) is 23.8 Å². The van der Waals surface area contributed by atoms with Gasteiger partial charge in [0.2, 0.25) is 0 Å². The fourth-order valence-electron chi connectivity index (χ4n) is 2.07. The summed E-state index contributed by atoms with van der Waals surface area (Å²) in [7, 11) is -1.25. The first kappa shape index (κ1) is 16.3. The van der Waals surface area contributed by atoms with Crippen LogP contribution in [0, 0.1) is 0 Å². The van der Waals surface area contributed by atoms with Crippen LogP contribution in [0.25, 0.3) is 0 Å². The van der Waals surface area contributed by atoms with E-state index >= 15 is 0 Å². The van der Waals surface area contributed by atoms with Crippen LogP contribution >= 0.6 is 0 Å². The lowest BCUT2D eigenvalue weighted by molar-refractivity contribution is -0.143. The van der Waals surface area contributed by atoms with Crippen molar-refractivity contribution in [1.29, 1.82) is 0 Å². The molecular weight excluding hydrogens is 320 g/mol. The van der Waals surface area contributed by atoms with Gasteiger partial charge in [-0.25, -0.2) is 0 Å². The molecule has 1 heterocycles. The Balaban J connectivity index is 2.47. The van der Waals surface area contributed by atoms with Gasteiger partial charge in [-0.2, -0.15) is 26.3 Å². The lowest BCUT2D eigenvalue weighted by Crippen LogP contribution is -2.36. The molecule has 118 valence electrons. The van der Waals surface area contributed by atoms with E-state index in [-0.39, 0.29) is 23.9 Å². The second-order valence-corrected chi connectivity index (χ2v) is 6.28. The molecule has 1 aromatic carbocycles. The standard InChI is InChI=1S/C12H11F6NOS/c13-11(14,15)8-3-7(4-9(5-8)12(16,17)18)10-6-21(20)2-1-19-10/h3-5,10,19H,1-2,6H2. The maximum Gasteiger partial charge on any atom is 0.416 e. The SMILES string of the molecule is O=S1CCNC(c2cc(C(F)(F)F)cc(C(F)(F)F)c2)C1. The van der Waals surface area contributed by atoms with Crippen LogP contribution in [0.3, 0.4) is 0 Å². The van der Waals surface area contributed by atoms with Crippen LogP contribution in [0.15, 0.2) is 18.2 Å². The quantitative estimate of drug-likeness (QED) is 0.801. The third-order valence-electron chi connectivity index (χ3n) is 3.09. The summed E-state index contributed by atoms with van der Waals surface area (Å²) in [5, 5.41) is 2.80.